The summed E-state index contributed by atoms with van der Waals surface area (Å²) in [5.41, 5.74) is 4.26. The number of aromatic nitrogens is 1. The number of para-hydroxylation sites is 1. The maximum absolute atomic E-state index is 13.6. The Morgan fingerprint density at radius 1 is 0.941 bits per heavy atom. The van der Waals surface area contributed by atoms with E-state index >= 15 is 0 Å². The molecule has 0 bridgehead atoms. The van der Waals surface area contributed by atoms with Crippen molar-refractivity contribution in [3.8, 4) is 5.75 Å². The molecule has 1 aromatic heterocycles. The lowest BCUT2D eigenvalue weighted by Gasteiger charge is -2.20. The number of carbonyl (C=O) groups is 2. The number of rotatable bonds is 6. The summed E-state index contributed by atoms with van der Waals surface area (Å²) in [5.74, 6) is -0.348. The van der Waals surface area contributed by atoms with Gasteiger partial charge in [-0.15, -0.1) is 0 Å². The number of nitrogens with one attached hydrogen (secondary N) is 1. The third kappa shape index (κ3) is 4.22. The quantitative estimate of drug-likeness (QED) is 0.403. The molecule has 170 valence electrons. The van der Waals surface area contributed by atoms with Gasteiger partial charge in [-0.25, -0.2) is 4.79 Å². The van der Waals surface area contributed by atoms with Gasteiger partial charge in [0.2, 0.25) is 6.10 Å². The number of methoxy groups -OCH3 is 1. The van der Waals surface area contributed by atoms with Gasteiger partial charge in [-0.3, -0.25) is 9.78 Å². The number of aryl methyl sites for hydroxylation is 1. The lowest BCUT2D eigenvalue weighted by atomic mass is 10.0. The molecular weight excluding hydrogens is 428 g/mol. The molecule has 0 spiro atoms. The highest BCUT2D eigenvalue weighted by Gasteiger charge is 2.30. The van der Waals surface area contributed by atoms with Crippen LogP contribution in [0.5, 0.6) is 5.75 Å². The fourth-order valence-corrected chi connectivity index (χ4v) is 4.42. The molecule has 1 aliphatic rings. The van der Waals surface area contributed by atoms with Gasteiger partial charge >= 0.3 is 5.97 Å². The summed E-state index contributed by atoms with van der Waals surface area (Å²) >= 11 is 0. The number of anilines is 1. The van der Waals surface area contributed by atoms with Crippen LogP contribution in [0, 0.1) is 0 Å². The van der Waals surface area contributed by atoms with Crippen LogP contribution in [-0.4, -0.2) is 24.0 Å². The Labute approximate surface area is 197 Å². The lowest BCUT2D eigenvalue weighted by molar-refractivity contribution is -0.125. The van der Waals surface area contributed by atoms with E-state index in [1.54, 1.807) is 43.5 Å². The van der Waals surface area contributed by atoms with Crippen molar-refractivity contribution in [3.63, 3.8) is 0 Å². The van der Waals surface area contributed by atoms with E-state index in [2.05, 4.69) is 5.32 Å². The summed E-state index contributed by atoms with van der Waals surface area (Å²) in [5, 5.41) is 3.60. The van der Waals surface area contributed by atoms with Crippen LogP contribution in [0.4, 0.5) is 5.69 Å². The Morgan fingerprint density at radius 3 is 2.56 bits per heavy atom. The maximum Gasteiger partial charge on any atom is 0.340 e. The number of ether oxygens (including phenoxy) is 2. The van der Waals surface area contributed by atoms with Gasteiger partial charge in [-0.05, 0) is 43.0 Å². The highest BCUT2D eigenvalue weighted by molar-refractivity contribution is 6.06. The van der Waals surface area contributed by atoms with Crippen LogP contribution >= 0.6 is 0 Å². The Morgan fingerprint density at radius 2 is 1.74 bits per heavy atom. The first kappa shape index (κ1) is 21.6. The predicted molar refractivity (Wildman–Crippen MR) is 130 cm³/mol. The Hall–Kier alpha value is -4.19. The minimum absolute atomic E-state index is 0.442. The van der Waals surface area contributed by atoms with Gasteiger partial charge < -0.3 is 14.8 Å². The molecule has 1 heterocycles. The van der Waals surface area contributed by atoms with Crippen LogP contribution in [0.25, 0.3) is 10.9 Å². The van der Waals surface area contributed by atoms with Crippen molar-refractivity contribution in [2.45, 2.75) is 25.4 Å². The summed E-state index contributed by atoms with van der Waals surface area (Å²) in [6.45, 7) is 0. The van der Waals surface area contributed by atoms with Crippen molar-refractivity contribution in [1.29, 1.82) is 0 Å². The minimum atomic E-state index is -1.12. The van der Waals surface area contributed by atoms with Gasteiger partial charge in [0.1, 0.15) is 5.75 Å². The average molecular weight is 453 g/mol. The fourth-order valence-electron chi connectivity index (χ4n) is 4.42. The van der Waals surface area contributed by atoms with Crippen LogP contribution < -0.4 is 10.1 Å². The molecule has 0 aliphatic heterocycles. The molecule has 1 N–H and O–H groups in total. The summed E-state index contributed by atoms with van der Waals surface area (Å²) in [7, 11) is 1.56. The van der Waals surface area contributed by atoms with Gasteiger partial charge in [0.05, 0.1) is 18.2 Å². The maximum atomic E-state index is 13.6. The van der Waals surface area contributed by atoms with Crippen molar-refractivity contribution in [1.82, 2.24) is 4.98 Å². The van der Waals surface area contributed by atoms with Crippen LogP contribution in [0.15, 0.2) is 78.9 Å². The molecule has 1 amide bonds. The standard InChI is InChI=1S/C28H24N2O4/c1-33-20-12-7-11-19(17-20)29-27(31)26(18-9-3-2-4-10-18)34-28(32)25-21-13-5-6-15-23(21)30-24-16-8-14-22(24)25/h2-7,9-13,15,17,26H,8,14,16H2,1H3,(H,29,31). The Balaban J connectivity index is 1.50. The number of hydrogen-bond donors (Lipinski definition) is 1. The van der Waals surface area contributed by atoms with E-state index < -0.39 is 18.0 Å². The summed E-state index contributed by atoms with van der Waals surface area (Å²) in [6.07, 6.45) is 1.42. The third-order valence-electron chi connectivity index (χ3n) is 6.03. The minimum Gasteiger partial charge on any atom is -0.497 e. The molecule has 1 unspecified atom stereocenters. The molecule has 4 aromatic rings. The van der Waals surface area contributed by atoms with E-state index in [0.717, 1.165) is 41.4 Å². The molecule has 3 aromatic carbocycles. The molecule has 34 heavy (non-hydrogen) atoms. The van der Waals surface area contributed by atoms with Crippen molar-refractivity contribution >= 4 is 28.5 Å². The van der Waals surface area contributed by atoms with E-state index in [1.807, 2.05) is 42.5 Å². The second-order valence-electron chi connectivity index (χ2n) is 8.20. The number of amides is 1. The van der Waals surface area contributed by atoms with Crippen LogP contribution in [-0.2, 0) is 22.4 Å². The largest absolute Gasteiger partial charge is 0.497 e. The van der Waals surface area contributed by atoms with Crippen molar-refractivity contribution < 1.29 is 19.1 Å². The van der Waals surface area contributed by atoms with Crippen molar-refractivity contribution in [3.05, 3.63) is 101 Å². The zero-order valence-electron chi connectivity index (χ0n) is 18.8. The molecular formula is C28H24N2O4. The van der Waals surface area contributed by atoms with Crippen molar-refractivity contribution in [2.24, 2.45) is 0 Å². The summed E-state index contributed by atoms with van der Waals surface area (Å²) < 4.78 is 11.2. The molecule has 0 saturated carbocycles. The van der Waals surface area contributed by atoms with Crippen LogP contribution in [0.3, 0.4) is 0 Å². The molecule has 6 nitrogen and oxygen atoms in total. The molecule has 1 aliphatic carbocycles. The lowest BCUT2D eigenvalue weighted by Crippen LogP contribution is -2.26. The van der Waals surface area contributed by atoms with E-state index in [-0.39, 0.29) is 0 Å². The van der Waals surface area contributed by atoms with Crippen molar-refractivity contribution in [2.75, 3.05) is 12.4 Å². The zero-order valence-corrected chi connectivity index (χ0v) is 18.8. The van der Waals surface area contributed by atoms with Gasteiger partial charge in [-0.2, -0.15) is 0 Å². The smallest absolute Gasteiger partial charge is 0.340 e. The number of carbonyl (C=O) groups excluding carboxylic acids is 2. The highest BCUT2D eigenvalue weighted by Crippen LogP contribution is 2.32. The van der Waals surface area contributed by atoms with E-state index in [9.17, 15) is 9.59 Å². The van der Waals surface area contributed by atoms with Gasteiger partial charge in [-0.1, -0.05) is 54.6 Å². The number of esters is 1. The normalized spacial score (nSPS) is 13.2. The Bertz CT molecular complexity index is 1370. The second-order valence-corrected chi connectivity index (χ2v) is 8.20. The molecule has 0 fully saturated rings. The number of benzene rings is 3. The first-order valence-electron chi connectivity index (χ1n) is 11.3. The zero-order chi connectivity index (χ0) is 23.5. The monoisotopic (exact) mass is 452 g/mol. The topological polar surface area (TPSA) is 77.5 Å². The van der Waals surface area contributed by atoms with Gasteiger partial charge in [0.15, 0.2) is 0 Å². The Kier molecular flexibility index (Phi) is 5.95. The summed E-state index contributed by atoms with van der Waals surface area (Å²) in [4.78, 5) is 31.7. The van der Waals surface area contributed by atoms with E-state index in [1.165, 1.54) is 0 Å². The van der Waals surface area contributed by atoms with E-state index in [4.69, 9.17) is 14.5 Å². The molecule has 0 saturated heterocycles. The number of hydrogen-bond acceptors (Lipinski definition) is 5. The third-order valence-corrected chi connectivity index (χ3v) is 6.03. The van der Waals surface area contributed by atoms with E-state index in [0.29, 0.717) is 22.6 Å². The van der Waals surface area contributed by atoms with Crippen LogP contribution in [0.2, 0.25) is 0 Å². The molecule has 0 radical (unpaired) electrons. The number of fused-ring (bicyclic) bond motifs is 2. The fraction of sp³-hybridized carbons (Fsp3) is 0.179. The molecule has 1 atom stereocenters. The first-order chi connectivity index (χ1) is 16.6. The summed E-state index contributed by atoms with van der Waals surface area (Å²) in [6, 6.07) is 23.6. The second kappa shape index (κ2) is 9.35. The molecule has 6 heteroatoms. The average Bonchev–Trinajstić information content (AvgIpc) is 3.34. The molecule has 5 rings (SSSR count). The predicted octanol–water partition coefficient (Wildman–Crippen LogP) is 5.27. The highest BCUT2D eigenvalue weighted by atomic mass is 16.5. The van der Waals surface area contributed by atoms with Crippen LogP contribution in [0.1, 0.15) is 39.7 Å². The number of pyridine rings is 1. The first-order valence-corrected chi connectivity index (χ1v) is 11.3. The number of nitrogens with zero attached hydrogens (tertiary/aromatic N) is 1. The van der Waals surface area contributed by atoms with Gasteiger partial charge in [0.25, 0.3) is 5.91 Å². The SMILES string of the molecule is COc1cccc(NC(=O)C(OC(=O)c2c3c(nc4ccccc24)CCC3)c2ccccc2)c1. The van der Waals surface area contributed by atoms with Gasteiger partial charge in [0, 0.05) is 28.4 Å².